The number of cyclic esters (lactones) is 1. The molecule has 19 heavy (non-hydrogen) atoms. The third-order valence-corrected chi connectivity index (χ3v) is 3.38. The Labute approximate surface area is 111 Å². The highest BCUT2D eigenvalue weighted by Gasteiger charge is 2.32. The number of carbonyl (C=O) groups excluding carboxylic acids is 2. The molecule has 100 valence electrons. The highest BCUT2D eigenvalue weighted by Crippen LogP contribution is 2.38. The van der Waals surface area contributed by atoms with Gasteiger partial charge in [-0.25, -0.2) is 4.79 Å². The van der Waals surface area contributed by atoms with Crippen molar-refractivity contribution in [1.82, 2.24) is 0 Å². The third-order valence-electron chi connectivity index (χ3n) is 3.38. The van der Waals surface area contributed by atoms with Crippen LogP contribution in [0.15, 0.2) is 46.5 Å². The van der Waals surface area contributed by atoms with E-state index < -0.39 is 17.2 Å². The Hall–Kier alpha value is -2.10. The highest BCUT2D eigenvalue weighted by atomic mass is 16.5. The van der Waals surface area contributed by atoms with Gasteiger partial charge in [-0.15, -0.1) is 0 Å². The van der Waals surface area contributed by atoms with Gasteiger partial charge in [-0.3, -0.25) is 4.79 Å². The van der Waals surface area contributed by atoms with E-state index in [0.29, 0.717) is 11.3 Å². The molecule has 0 saturated carbocycles. The van der Waals surface area contributed by atoms with Crippen LogP contribution in [0.3, 0.4) is 0 Å². The van der Waals surface area contributed by atoms with Crippen LogP contribution in [-0.2, 0) is 14.3 Å². The van der Waals surface area contributed by atoms with Crippen LogP contribution >= 0.6 is 0 Å². The van der Waals surface area contributed by atoms with Crippen molar-refractivity contribution < 1.29 is 19.4 Å². The summed E-state index contributed by atoms with van der Waals surface area (Å²) in [5, 5.41) is 9.62. The maximum atomic E-state index is 11.8. The average molecular weight is 260 g/mol. The molecule has 2 aliphatic rings. The molecule has 0 fully saturated rings. The quantitative estimate of drug-likeness (QED) is 0.736. The molecular formula is C15H16O4. The second kappa shape index (κ2) is 4.23. The largest absolute Gasteiger partial charge is 0.504 e. The van der Waals surface area contributed by atoms with Crippen molar-refractivity contribution in [3.05, 3.63) is 46.5 Å². The monoisotopic (exact) mass is 260 g/mol. The zero-order valence-corrected chi connectivity index (χ0v) is 11.4. The fraction of sp³-hybridized carbons (Fsp3) is 0.333. The lowest BCUT2D eigenvalue weighted by molar-refractivity contribution is -0.132. The molecule has 0 spiro atoms. The van der Waals surface area contributed by atoms with Crippen LogP contribution in [0.25, 0.3) is 0 Å². The molecule has 0 radical (unpaired) electrons. The van der Waals surface area contributed by atoms with Crippen molar-refractivity contribution in [1.29, 1.82) is 0 Å². The van der Waals surface area contributed by atoms with E-state index >= 15 is 0 Å². The van der Waals surface area contributed by atoms with Gasteiger partial charge in [0.25, 0.3) is 0 Å². The number of hydrogen-bond donors (Lipinski definition) is 1. The summed E-state index contributed by atoms with van der Waals surface area (Å²) in [7, 11) is 0. The standard InChI is InChI=1S/C15H16O4/c1-8-5-13(17)19-12(8)6-10-9(2)14(18)11(16)7-15(10,3)4/h5-7,16H,1-4H3. The van der Waals surface area contributed by atoms with Crippen LogP contribution in [-0.4, -0.2) is 16.9 Å². The van der Waals surface area contributed by atoms with Crippen LogP contribution in [0, 0.1) is 5.41 Å². The zero-order valence-electron chi connectivity index (χ0n) is 11.4. The van der Waals surface area contributed by atoms with Crippen molar-refractivity contribution in [2.45, 2.75) is 27.7 Å². The number of carbonyl (C=O) groups is 2. The second-order valence-corrected chi connectivity index (χ2v) is 5.38. The summed E-state index contributed by atoms with van der Waals surface area (Å²) in [6.45, 7) is 7.22. The first-order chi connectivity index (χ1) is 8.72. The Morgan fingerprint density at radius 3 is 2.42 bits per heavy atom. The Kier molecular flexibility index (Phi) is 2.97. The SMILES string of the molecule is CC1=CC(=O)OC1=CC1=C(C)C(=O)C(O)=CC1(C)C. The number of allylic oxidation sites excluding steroid dienone is 5. The number of esters is 1. The first-order valence-corrected chi connectivity index (χ1v) is 6.02. The van der Waals surface area contributed by atoms with Crippen molar-refractivity contribution >= 4 is 11.8 Å². The predicted octanol–water partition coefficient (Wildman–Crippen LogP) is 2.74. The fourth-order valence-electron chi connectivity index (χ4n) is 2.32. The molecule has 1 aliphatic heterocycles. The van der Waals surface area contributed by atoms with Crippen molar-refractivity contribution in [3.8, 4) is 0 Å². The van der Waals surface area contributed by atoms with Crippen LogP contribution in [0.1, 0.15) is 27.7 Å². The maximum Gasteiger partial charge on any atom is 0.336 e. The molecule has 0 aromatic heterocycles. The molecule has 1 heterocycles. The number of aliphatic hydroxyl groups is 1. The lowest BCUT2D eigenvalue weighted by Gasteiger charge is -2.28. The molecule has 2 rings (SSSR count). The molecule has 0 aromatic carbocycles. The van der Waals surface area contributed by atoms with Crippen LogP contribution in [0.5, 0.6) is 0 Å². The first-order valence-electron chi connectivity index (χ1n) is 6.02. The minimum absolute atomic E-state index is 0.236. The minimum atomic E-state index is -0.496. The molecule has 0 unspecified atom stereocenters. The number of ether oxygens (including phenoxy) is 1. The van der Waals surface area contributed by atoms with E-state index in [9.17, 15) is 14.7 Å². The Balaban J connectivity index is 2.50. The van der Waals surface area contributed by atoms with Gasteiger partial charge in [-0.1, -0.05) is 13.8 Å². The summed E-state index contributed by atoms with van der Waals surface area (Å²) < 4.78 is 5.08. The molecular weight excluding hydrogens is 244 g/mol. The fourth-order valence-corrected chi connectivity index (χ4v) is 2.32. The Morgan fingerprint density at radius 1 is 1.26 bits per heavy atom. The van der Waals surface area contributed by atoms with Gasteiger partial charge in [0.2, 0.25) is 5.78 Å². The molecule has 0 amide bonds. The summed E-state index contributed by atoms with van der Waals surface area (Å²) in [5.41, 5.74) is 1.44. The van der Waals surface area contributed by atoms with Gasteiger partial charge in [0.05, 0.1) is 0 Å². The van der Waals surface area contributed by atoms with E-state index in [2.05, 4.69) is 0 Å². The highest BCUT2D eigenvalue weighted by molar-refractivity contribution is 6.08. The molecule has 4 nitrogen and oxygen atoms in total. The van der Waals surface area contributed by atoms with E-state index in [1.807, 2.05) is 13.8 Å². The van der Waals surface area contributed by atoms with Gasteiger partial charge in [0.1, 0.15) is 5.76 Å². The number of Topliss-reactive ketones (excluding diaryl/α,β-unsaturated/α-hetero) is 1. The third kappa shape index (κ3) is 2.26. The molecule has 4 heteroatoms. The van der Waals surface area contributed by atoms with E-state index in [4.69, 9.17) is 4.74 Å². The molecule has 0 saturated heterocycles. The molecule has 1 N–H and O–H groups in total. The molecule has 0 aromatic rings. The van der Waals surface area contributed by atoms with Gasteiger partial charge in [0.15, 0.2) is 5.76 Å². The predicted molar refractivity (Wildman–Crippen MR) is 70.1 cm³/mol. The lowest BCUT2D eigenvalue weighted by Crippen LogP contribution is -2.23. The van der Waals surface area contributed by atoms with E-state index in [-0.39, 0.29) is 5.76 Å². The number of hydrogen-bond acceptors (Lipinski definition) is 4. The van der Waals surface area contributed by atoms with E-state index in [1.165, 1.54) is 12.2 Å². The normalized spacial score (nSPS) is 24.5. The van der Waals surface area contributed by atoms with Crippen LogP contribution in [0.2, 0.25) is 0 Å². The van der Waals surface area contributed by atoms with E-state index in [0.717, 1.165) is 11.1 Å². The number of aliphatic hydroxyl groups excluding tert-OH is 1. The van der Waals surface area contributed by atoms with Crippen molar-refractivity contribution in [2.24, 2.45) is 5.41 Å². The van der Waals surface area contributed by atoms with Crippen molar-refractivity contribution in [3.63, 3.8) is 0 Å². The molecule has 0 bridgehead atoms. The Morgan fingerprint density at radius 2 is 1.89 bits per heavy atom. The average Bonchev–Trinajstić information content (AvgIpc) is 2.60. The van der Waals surface area contributed by atoms with E-state index in [1.54, 1.807) is 19.9 Å². The minimum Gasteiger partial charge on any atom is -0.504 e. The Bertz CT molecular complexity index is 598. The zero-order chi connectivity index (χ0) is 14.4. The smallest absolute Gasteiger partial charge is 0.336 e. The van der Waals surface area contributed by atoms with Gasteiger partial charge in [-0.2, -0.15) is 0 Å². The number of rotatable bonds is 1. The molecule has 0 atom stereocenters. The van der Waals surface area contributed by atoms with Gasteiger partial charge in [0, 0.05) is 17.1 Å². The van der Waals surface area contributed by atoms with Gasteiger partial charge in [-0.05, 0) is 37.1 Å². The second-order valence-electron chi connectivity index (χ2n) is 5.38. The van der Waals surface area contributed by atoms with Crippen LogP contribution in [0.4, 0.5) is 0 Å². The summed E-state index contributed by atoms with van der Waals surface area (Å²) in [6, 6.07) is 0. The maximum absolute atomic E-state index is 11.8. The number of ketones is 1. The van der Waals surface area contributed by atoms with Crippen molar-refractivity contribution in [2.75, 3.05) is 0 Å². The summed E-state index contributed by atoms with van der Waals surface area (Å²) in [5.74, 6) is -0.576. The van der Waals surface area contributed by atoms with Crippen LogP contribution < -0.4 is 0 Å². The summed E-state index contributed by atoms with van der Waals surface area (Å²) >= 11 is 0. The topological polar surface area (TPSA) is 63.6 Å². The lowest BCUT2D eigenvalue weighted by atomic mass is 9.76. The summed E-state index contributed by atoms with van der Waals surface area (Å²) in [6.07, 6.45) is 4.63. The van der Waals surface area contributed by atoms with Gasteiger partial charge < -0.3 is 9.84 Å². The molecule has 1 aliphatic carbocycles. The first kappa shape index (κ1) is 13.3. The van der Waals surface area contributed by atoms with Gasteiger partial charge >= 0.3 is 5.97 Å². The summed E-state index contributed by atoms with van der Waals surface area (Å²) in [4.78, 5) is 23.0.